The van der Waals surface area contributed by atoms with E-state index in [4.69, 9.17) is 10.2 Å². The van der Waals surface area contributed by atoms with E-state index in [2.05, 4.69) is 0 Å². The topological polar surface area (TPSA) is 79.5 Å². The van der Waals surface area contributed by atoms with Gasteiger partial charge < -0.3 is 14.8 Å². The van der Waals surface area contributed by atoms with Gasteiger partial charge in [0.15, 0.2) is 0 Å². The van der Waals surface area contributed by atoms with Crippen molar-refractivity contribution < 1.29 is 15.0 Å². The molecular formula is C10H13NO4. The van der Waals surface area contributed by atoms with Gasteiger partial charge in [-0.15, -0.1) is 0 Å². The van der Waals surface area contributed by atoms with E-state index in [0.29, 0.717) is 19.4 Å². The van der Waals surface area contributed by atoms with Gasteiger partial charge >= 0.3 is 5.97 Å². The first-order chi connectivity index (χ1) is 7.16. The molecule has 1 aromatic heterocycles. The summed E-state index contributed by atoms with van der Waals surface area (Å²) in [6.07, 6.45) is 2.80. The van der Waals surface area contributed by atoms with Crippen LogP contribution < -0.4 is 5.56 Å². The maximum atomic E-state index is 11.5. The third kappa shape index (κ3) is 2.92. The minimum absolute atomic E-state index is 0.0768. The molecule has 0 atom stereocenters. The lowest BCUT2D eigenvalue weighted by Crippen LogP contribution is -2.25. The van der Waals surface area contributed by atoms with Crippen molar-refractivity contribution in [3.8, 4) is 0 Å². The zero-order chi connectivity index (χ0) is 11.3. The van der Waals surface area contributed by atoms with E-state index in [1.54, 1.807) is 6.20 Å². The van der Waals surface area contributed by atoms with Crippen LogP contribution in [-0.2, 0) is 6.54 Å². The SMILES string of the molecule is O=C(O)c1cccn(CCCCO)c1=O. The summed E-state index contributed by atoms with van der Waals surface area (Å²) in [7, 11) is 0. The zero-order valence-corrected chi connectivity index (χ0v) is 8.22. The van der Waals surface area contributed by atoms with Gasteiger partial charge in [0.1, 0.15) is 5.56 Å². The Labute approximate surface area is 86.6 Å². The van der Waals surface area contributed by atoms with Crippen LogP contribution in [0.5, 0.6) is 0 Å². The number of pyridine rings is 1. The summed E-state index contributed by atoms with van der Waals surface area (Å²) < 4.78 is 1.35. The number of rotatable bonds is 5. The predicted molar refractivity (Wildman–Crippen MR) is 54.0 cm³/mol. The molecule has 1 aromatic rings. The first-order valence-electron chi connectivity index (χ1n) is 4.70. The average molecular weight is 211 g/mol. The fourth-order valence-corrected chi connectivity index (χ4v) is 1.27. The molecule has 0 bridgehead atoms. The van der Waals surface area contributed by atoms with Crippen LogP contribution in [0.4, 0.5) is 0 Å². The number of hydrogen-bond donors (Lipinski definition) is 2. The number of aromatic nitrogens is 1. The normalized spacial score (nSPS) is 10.2. The molecule has 0 aliphatic carbocycles. The standard InChI is InChI=1S/C10H13NO4/c12-7-2-1-5-11-6-3-4-8(9(11)13)10(14)15/h3-4,6,12H,1-2,5,7H2,(H,14,15). The highest BCUT2D eigenvalue weighted by atomic mass is 16.4. The van der Waals surface area contributed by atoms with Crippen LogP contribution in [0.1, 0.15) is 23.2 Å². The highest BCUT2D eigenvalue weighted by molar-refractivity contribution is 5.86. The molecule has 0 fully saturated rings. The largest absolute Gasteiger partial charge is 0.477 e. The molecule has 5 nitrogen and oxygen atoms in total. The maximum absolute atomic E-state index is 11.5. The molecule has 5 heteroatoms. The van der Waals surface area contributed by atoms with Crippen LogP contribution >= 0.6 is 0 Å². The molecular weight excluding hydrogens is 198 g/mol. The van der Waals surface area contributed by atoms with Crippen molar-refractivity contribution in [1.82, 2.24) is 4.57 Å². The summed E-state index contributed by atoms with van der Waals surface area (Å²) >= 11 is 0. The molecule has 0 saturated heterocycles. The molecule has 0 aliphatic heterocycles. The number of nitrogens with zero attached hydrogens (tertiary/aromatic N) is 1. The monoisotopic (exact) mass is 211 g/mol. The summed E-state index contributed by atoms with van der Waals surface area (Å²) in [4.78, 5) is 22.2. The molecule has 0 amide bonds. The quantitative estimate of drug-likeness (QED) is 0.687. The number of aliphatic hydroxyl groups is 1. The molecule has 15 heavy (non-hydrogen) atoms. The maximum Gasteiger partial charge on any atom is 0.341 e. The Bertz CT molecular complexity index is 397. The fraction of sp³-hybridized carbons (Fsp3) is 0.400. The number of carboxylic acid groups (broad SMARTS) is 1. The van der Waals surface area contributed by atoms with Crippen molar-refractivity contribution in [2.75, 3.05) is 6.61 Å². The third-order valence-electron chi connectivity index (χ3n) is 2.06. The van der Waals surface area contributed by atoms with Gasteiger partial charge in [-0.1, -0.05) is 0 Å². The van der Waals surface area contributed by atoms with E-state index in [1.807, 2.05) is 0 Å². The Morgan fingerprint density at radius 2 is 2.13 bits per heavy atom. The lowest BCUT2D eigenvalue weighted by Gasteiger charge is -2.05. The first-order valence-corrected chi connectivity index (χ1v) is 4.70. The minimum Gasteiger partial charge on any atom is -0.477 e. The zero-order valence-electron chi connectivity index (χ0n) is 8.22. The van der Waals surface area contributed by atoms with E-state index in [0.717, 1.165) is 0 Å². The molecule has 0 radical (unpaired) electrons. The van der Waals surface area contributed by atoms with Crippen molar-refractivity contribution in [2.45, 2.75) is 19.4 Å². The third-order valence-corrected chi connectivity index (χ3v) is 2.06. The second-order valence-electron chi connectivity index (χ2n) is 3.16. The van der Waals surface area contributed by atoms with E-state index >= 15 is 0 Å². The molecule has 0 aromatic carbocycles. The van der Waals surface area contributed by atoms with Crippen LogP contribution in [0.25, 0.3) is 0 Å². The number of aryl methyl sites for hydroxylation is 1. The van der Waals surface area contributed by atoms with Gasteiger partial charge in [0.2, 0.25) is 0 Å². The van der Waals surface area contributed by atoms with Crippen LogP contribution in [0.15, 0.2) is 23.1 Å². The van der Waals surface area contributed by atoms with Crippen LogP contribution in [-0.4, -0.2) is 27.4 Å². The summed E-state index contributed by atoms with van der Waals surface area (Å²) in [5.41, 5.74) is -0.718. The lowest BCUT2D eigenvalue weighted by atomic mass is 10.2. The van der Waals surface area contributed by atoms with Gasteiger partial charge in [-0.3, -0.25) is 4.79 Å². The predicted octanol–water partition coefficient (Wildman–Crippen LogP) is 0.319. The van der Waals surface area contributed by atoms with Crippen LogP contribution in [0, 0.1) is 0 Å². The lowest BCUT2D eigenvalue weighted by molar-refractivity contribution is 0.0694. The van der Waals surface area contributed by atoms with Crippen molar-refractivity contribution in [2.24, 2.45) is 0 Å². The Balaban J connectivity index is 2.85. The molecule has 0 unspecified atom stereocenters. The van der Waals surface area contributed by atoms with Crippen molar-refractivity contribution in [3.05, 3.63) is 34.2 Å². The Kier molecular flexibility index (Phi) is 4.05. The average Bonchev–Trinajstić information content (AvgIpc) is 2.20. The molecule has 1 rings (SSSR count). The van der Waals surface area contributed by atoms with Gasteiger partial charge in [0, 0.05) is 19.3 Å². The Morgan fingerprint density at radius 3 is 2.73 bits per heavy atom. The minimum atomic E-state index is -1.21. The van der Waals surface area contributed by atoms with Gasteiger partial charge in [0.05, 0.1) is 0 Å². The summed E-state index contributed by atoms with van der Waals surface area (Å²) in [5.74, 6) is -1.21. The van der Waals surface area contributed by atoms with E-state index < -0.39 is 11.5 Å². The summed E-state index contributed by atoms with van der Waals surface area (Å²) in [5, 5.41) is 17.3. The molecule has 0 saturated carbocycles. The fourth-order valence-electron chi connectivity index (χ4n) is 1.27. The number of carbonyl (C=O) groups is 1. The number of unbranched alkanes of at least 4 members (excludes halogenated alkanes) is 1. The molecule has 0 aliphatic rings. The summed E-state index contributed by atoms with van der Waals surface area (Å²) in [6, 6.07) is 2.82. The molecule has 82 valence electrons. The van der Waals surface area contributed by atoms with Crippen molar-refractivity contribution >= 4 is 5.97 Å². The van der Waals surface area contributed by atoms with Crippen molar-refractivity contribution in [1.29, 1.82) is 0 Å². The van der Waals surface area contributed by atoms with E-state index in [1.165, 1.54) is 16.7 Å². The number of aliphatic hydroxyl groups excluding tert-OH is 1. The van der Waals surface area contributed by atoms with Gasteiger partial charge in [-0.2, -0.15) is 0 Å². The van der Waals surface area contributed by atoms with Gasteiger partial charge in [-0.25, -0.2) is 4.79 Å². The molecule has 0 spiro atoms. The van der Waals surface area contributed by atoms with Gasteiger partial charge in [0.25, 0.3) is 5.56 Å². The summed E-state index contributed by atoms with van der Waals surface area (Å²) in [6.45, 7) is 0.508. The van der Waals surface area contributed by atoms with Crippen LogP contribution in [0.3, 0.4) is 0 Å². The number of aromatic carboxylic acids is 1. The highest BCUT2D eigenvalue weighted by Gasteiger charge is 2.09. The highest BCUT2D eigenvalue weighted by Crippen LogP contribution is 1.95. The van der Waals surface area contributed by atoms with E-state index in [-0.39, 0.29) is 12.2 Å². The van der Waals surface area contributed by atoms with Crippen molar-refractivity contribution in [3.63, 3.8) is 0 Å². The first kappa shape index (κ1) is 11.5. The Hall–Kier alpha value is -1.62. The second-order valence-corrected chi connectivity index (χ2v) is 3.16. The van der Waals surface area contributed by atoms with Gasteiger partial charge in [-0.05, 0) is 25.0 Å². The molecule has 1 heterocycles. The number of carboxylic acids is 1. The smallest absolute Gasteiger partial charge is 0.341 e. The molecule has 2 N–H and O–H groups in total. The Morgan fingerprint density at radius 1 is 1.40 bits per heavy atom. The van der Waals surface area contributed by atoms with Crippen LogP contribution in [0.2, 0.25) is 0 Å². The number of hydrogen-bond acceptors (Lipinski definition) is 3. The second kappa shape index (κ2) is 5.31. The van der Waals surface area contributed by atoms with E-state index in [9.17, 15) is 9.59 Å².